The SMILES string of the molecule is O=S(=O)(CF)N1Cc2ccccc2N(Cc2cnc[nH]2)[C@@H](CCC2CCCC2)C1. The number of anilines is 1. The summed E-state index contributed by atoms with van der Waals surface area (Å²) in [5, 5.41) is 0. The molecule has 0 saturated heterocycles. The number of alkyl halides is 1. The molecular weight excluding hydrogens is 391 g/mol. The van der Waals surface area contributed by atoms with Crippen molar-refractivity contribution in [3.8, 4) is 0 Å². The lowest BCUT2D eigenvalue weighted by Crippen LogP contribution is -2.44. The number of aromatic amines is 1. The van der Waals surface area contributed by atoms with Gasteiger partial charge in [0.2, 0.25) is 16.0 Å². The second-order valence-electron chi connectivity index (χ2n) is 8.23. The van der Waals surface area contributed by atoms with E-state index in [2.05, 4.69) is 14.9 Å². The number of fused-ring (bicyclic) bond motifs is 1. The molecule has 0 spiro atoms. The first-order valence-corrected chi connectivity index (χ1v) is 12.0. The Morgan fingerprint density at radius 2 is 1.97 bits per heavy atom. The highest BCUT2D eigenvalue weighted by Gasteiger charge is 2.34. The van der Waals surface area contributed by atoms with Crippen LogP contribution in [0.2, 0.25) is 0 Å². The highest BCUT2D eigenvalue weighted by atomic mass is 32.2. The van der Waals surface area contributed by atoms with Crippen LogP contribution in [0.3, 0.4) is 0 Å². The van der Waals surface area contributed by atoms with Gasteiger partial charge >= 0.3 is 0 Å². The minimum absolute atomic E-state index is 0.0103. The molecule has 0 bridgehead atoms. The molecule has 6 nitrogen and oxygen atoms in total. The maximum absolute atomic E-state index is 13.4. The standard InChI is InChI=1S/C21H29FN4O2S/c22-15-29(27,28)25-12-18-7-3-4-8-21(18)26(13-19-11-23-16-24-19)20(14-25)10-9-17-5-1-2-6-17/h3-4,7-8,11,16-17,20H,1-2,5-6,9-10,12-15H2,(H,23,24)/t20-/m0/s1. The Kier molecular flexibility index (Phi) is 6.20. The Morgan fingerprint density at radius 3 is 2.69 bits per heavy atom. The Balaban J connectivity index is 1.67. The number of sulfonamides is 1. The Bertz CT molecular complexity index is 897. The maximum Gasteiger partial charge on any atom is 0.243 e. The molecule has 1 saturated carbocycles. The minimum atomic E-state index is -3.92. The van der Waals surface area contributed by atoms with E-state index in [-0.39, 0.29) is 12.6 Å². The molecule has 1 aliphatic heterocycles. The first-order valence-electron chi connectivity index (χ1n) is 10.4. The summed E-state index contributed by atoms with van der Waals surface area (Å²) in [6, 6.07) is 6.50. The third-order valence-electron chi connectivity index (χ3n) is 6.31. The van der Waals surface area contributed by atoms with Crippen molar-refractivity contribution in [3.63, 3.8) is 0 Å². The van der Waals surface area contributed by atoms with Gasteiger partial charge in [0.25, 0.3) is 0 Å². The van der Waals surface area contributed by atoms with Crippen molar-refractivity contribution in [2.24, 2.45) is 5.92 Å². The van der Waals surface area contributed by atoms with E-state index < -0.39 is 16.0 Å². The predicted octanol–water partition coefficient (Wildman–Crippen LogP) is 3.83. The minimum Gasteiger partial charge on any atom is -0.361 e. The molecule has 1 atom stereocenters. The van der Waals surface area contributed by atoms with Gasteiger partial charge in [-0.05, 0) is 30.4 Å². The summed E-state index contributed by atoms with van der Waals surface area (Å²) >= 11 is 0. The van der Waals surface area contributed by atoms with Gasteiger partial charge in [-0.3, -0.25) is 0 Å². The summed E-state index contributed by atoms with van der Waals surface area (Å²) in [7, 11) is -3.92. The van der Waals surface area contributed by atoms with Crippen LogP contribution in [0.5, 0.6) is 0 Å². The second-order valence-corrected chi connectivity index (χ2v) is 10.1. The summed E-state index contributed by atoms with van der Waals surface area (Å²) in [4.78, 5) is 9.58. The third kappa shape index (κ3) is 4.64. The van der Waals surface area contributed by atoms with E-state index in [4.69, 9.17) is 0 Å². The molecule has 1 fully saturated rings. The van der Waals surface area contributed by atoms with E-state index in [1.54, 1.807) is 12.5 Å². The zero-order valence-electron chi connectivity index (χ0n) is 16.6. The molecule has 2 heterocycles. The van der Waals surface area contributed by atoms with Crippen LogP contribution in [-0.2, 0) is 23.1 Å². The lowest BCUT2D eigenvalue weighted by atomic mass is 9.97. The summed E-state index contributed by atoms with van der Waals surface area (Å²) in [6.45, 7) is 1.14. The fourth-order valence-corrected chi connectivity index (χ4v) is 5.61. The van der Waals surface area contributed by atoms with E-state index in [0.29, 0.717) is 19.0 Å². The molecule has 1 aromatic carbocycles. The van der Waals surface area contributed by atoms with Gasteiger partial charge in [-0.25, -0.2) is 17.8 Å². The average Bonchev–Trinajstić information content (AvgIpc) is 3.40. The van der Waals surface area contributed by atoms with Gasteiger partial charge in [0.05, 0.1) is 18.6 Å². The van der Waals surface area contributed by atoms with E-state index in [9.17, 15) is 12.8 Å². The molecule has 2 aliphatic rings. The molecule has 0 radical (unpaired) electrons. The largest absolute Gasteiger partial charge is 0.361 e. The van der Waals surface area contributed by atoms with Crippen LogP contribution in [0.15, 0.2) is 36.8 Å². The van der Waals surface area contributed by atoms with Gasteiger partial charge in [0, 0.05) is 31.0 Å². The summed E-state index contributed by atoms with van der Waals surface area (Å²) in [6.07, 6.45) is 10.5. The smallest absolute Gasteiger partial charge is 0.243 e. The van der Waals surface area contributed by atoms with Gasteiger partial charge in [-0.15, -0.1) is 0 Å². The number of halogens is 1. The molecule has 8 heteroatoms. The number of para-hydroxylation sites is 1. The fourth-order valence-electron chi connectivity index (χ4n) is 4.73. The second kappa shape index (κ2) is 8.83. The number of aromatic nitrogens is 2. The van der Waals surface area contributed by atoms with Gasteiger partial charge in [0.1, 0.15) is 0 Å². The van der Waals surface area contributed by atoms with Crippen molar-refractivity contribution >= 4 is 15.7 Å². The van der Waals surface area contributed by atoms with Crippen molar-refractivity contribution < 1.29 is 12.8 Å². The summed E-state index contributed by atoms with van der Waals surface area (Å²) in [5.74, 6) is 0.716. The van der Waals surface area contributed by atoms with Crippen molar-refractivity contribution in [1.82, 2.24) is 14.3 Å². The monoisotopic (exact) mass is 420 g/mol. The topological polar surface area (TPSA) is 69.3 Å². The van der Waals surface area contributed by atoms with Crippen molar-refractivity contribution in [1.29, 1.82) is 0 Å². The van der Waals surface area contributed by atoms with Gasteiger partial charge < -0.3 is 9.88 Å². The number of nitrogens with one attached hydrogen (secondary N) is 1. The van der Waals surface area contributed by atoms with Gasteiger partial charge in [-0.2, -0.15) is 4.31 Å². The molecule has 0 amide bonds. The van der Waals surface area contributed by atoms with E-state index in [1.807, 2.05) is 24.3 Å². The first-order chi connectivity index (χ1) is 14.1. The number of H-pyrrole nitrogens is 1. The third-order valence-corrected chi connectivity index (χ3v) is 7.65. The zero-order valence-corrected chi connectivity index (χ0v) is 17.5. The van der Waals surface area contributed by atoms with Crippen LogP contribution in [0, 0.1) is 5.92 Å². The highest BCUT2D eigenvalue weighted by molar-refractivity contribution is 7.88. The van der Waals surface area contributed by atoms with Gasteiger partial charge in [0.15, 0.2) is 0 Å². The summed E-state index contributed by atoms with van der Waals surface area (Å²) in [5.41, 5.74) is 2.91. The lowest BCUT2D eigenvalue weighted by molar-refractivity contribution is 0.344. The fraction of sp³-hybridized carbons (Fsp3) is 0.571. The molecule has 1 aromatic heterocycles. The molecule has 2 aromatic rings. The van der Waals surface area contributed by atoms with Crippen LogP contribution in [0.4, 0.5) is 10.1 Å². The van der Waals surface area contributed by atoms with Crippen molar-refractivity contribution in [2.45, 2.75) is 57.7 Å². The zero-order chi connectivity index (χ0) is 20.3. The molecule has 1 N–H and O–H groups in total. The van der Waals surface area contributed by atoms with Crippen LogP contribution in [0.1, 0.15) is 49.8 Å². The average molecular weight is 421 g/mol. The molecule has 29 heavy (non-hydrogen) atoms. The van der Waals surface area contributed by atoms with Crippen LogP contribution < -0.4 is 4.90 Å². The molecule has 0 unspecified atom stereocenters. The van der Waals surface area contributed by atoms with Crippen molar-refractivity contribution in [3.05, 3.63) is 48.0 Å². The predicted molar refractivity (Wildman–Crippen MR) is 111 cm³/mol. The van der Waals surface area contributed by atoms with Crippen LogP contribution in [0.25, 0.3) is 0 Å². The van der Waals surface area contributed by atoms with E-state index in [1.165, 1.54) is 30.0 Å². The maximum atomic E-state index is 13.4. The highest BCUT2D eigenvalue weighted by Crippen LogP contribution is 2.34. The Morgan fingerprint density at radius 1 is 1.17 bits per heavy atom. The Labute approximate surface area is 172 Å². The number of imidazole rings is 1. The molecule has 4 rings (SSSR count). The van der Waals surface area contributed by atoms with Crippen LogP contribution in [-0.4, -0.2) is 41.3 Å². The molecular formula is C21H29FN4O2S. The lowest BCUT2D eigenvalue weighted by Gasteiger charge is -2.34. The number of benzene rings is 1. The molecule has 1 aliphatic carbocycles. The first kappa shape index (κ1) is 20.3. The normalized spacial score (nSPS) is 21.3. The number of hydrogen-bond donors (Lipinski definition) is 1. The van der Waals surface area contributed by atoms with E-state index in [0.717, 1.165) is 29.8 Å². The Hall–Kier alpha value is -1.93. The number of hydrogen-bond acceptors (Lipinski definition) is 4. The van der Waals surface area contributed by atoms with E-state index >= 15 is 0 Å². The summed E-state index contributed by atoms with van der Waals surface area (Å²) < 4.78 is 39.6. The van der Waals surface area contributed by atoms with Crippen LogP contribution >= 0.6 is 0 Å². The van der Waals surface area contributed by atoms with Gasteiger partial charge in [-0.1, -0.05) is 43.9 Å². The number of nitrogens with zero attached hydrogens (tertiary/aromatic N) is 3. The van der Waals surface area contributed by atoms with Crippen molar-refractivity contribution in [2.75, 3.05) is 17.5 Å². The molecule has 158 valence electrons. The number of rotatable bonds is 7. The quantitative estimate of drug-likeness (QED) is 0.739.